The van der Waals surface area contributed by atoms with Crippen LogP contribution < -0.4 is 4.90 Å². The van der Waals surface area contributed by atoms with E-state index in [-0.39, 0.29) is 0 Å². The Bertz CT molecular complexity index is 3240. The Kier molecular flexibility index (Phi) is 7.69. The molecule has 0 N–H and O–H groups in total. The van der Waals surface area contributed by atoms with E-state index in [1.165, 1.54) is 109 Å². The fourth-order valence-electron chi connectivity index (χ4n) is 9.37. The molecule has 0 atom stereocenters. The molecule has 0 saturated heterocycles. The highest BCUT2D eigenvalue weighted by molar-refractivity contribution is 6.24. The summed E-state index contributed by atoms with van der Waals surface area (Å²) in [5.41, 5.74) is 11.1. The summed E-state index contributed by atoms with van der Waals surface area (Å²) in [5, 5.41) is 15.0. The lowest BCUT2D eigenvalue weighted by Crippen LogP contribution is -2.11. The maximum atomic E-state index is 2.46. The number of hydrogen-bond acceptors (Lipinski definition) is 1. The van der Waals surface area contributed by atoms with Crippen LogP contribution in [0.25, 0.3) is 86.9 Å². The van der Waals surface area contributed by atoms with Crippen molar-refractivity contribution < 1.29 is 0 Å². The Hall–Kier alpha value is -7.22. The van der Waals surface area contributed by atoms with Crippen molar-refractivity contribution in [2.24, 2.45) is 0 Å². The highest BCUT2D eigenvalue weighted by Crippen LogP contribution is 2.47. The first-order chi connectivity index (χ1) is 28.1. The van der Waals surface area contributed by atoms with Gasteiger partial charge in [0, 0.05) is 16.5 Å². The van der Waals surface area contributed by atoms with Gasteiger partial charge in [-0.1, -0.05) is 170 Å². The first kappa shape index (κ1) is 33.1. The average Bonchev–Trinajstić information content (AvgIpc) is 3.27. The van der Waals surface area contributed by atoms with Crippen LogP contribution in [0.2, 0.25) is 0 Å². The van der Waals surface area contributed by atoms with Crippen molar-refractivity contribution in [1.82, 2.24) is 0 Å². The fraction of sp³-hybridized carbons (Fsp3) is 0.0357. The van der Waals surface area contributed by atoms with Crippen molar-refractivity contribution in [3.8, 4) is 22.3 Å². The summed E-state index contributed by atoms with van der Waals surface area (Å²) >= 11 is 0. The largest absolute Gasteiger partial charge is 0.309 e. The van der Waals surface area contributed by atoms with Crippen LogP contribution in [-0.4, -0.2) is 0 Å². The molecular formula is C56H39N. The summed E-state index contributed by atoms with van der Waals surface area (Å²) in [6.45, 7) is 4.41. The van der Waals surface area contributed by atoms with Crippen LogP contribution >= 0.6 is 0 Å². The molecule has 0 amide bonds. The van der Waals surface area contributed by atoms with Crippen LogP contribution in [0.3, 0.4) is 0 Å². The maximum Gasteiger partial charge on any atom is 0.0540 e. The van der Waals surface area contributed by atoms with Gasteiger partial charge >= 0.3 is 0 Å². The van der Waals surface area contributed by atoms with Gasteiger partial charge in [0.25, 0.3) is 0 Å². The van der Waals surface area contributed by atoms with Crippen LogP contribution in [-0.2, 0) is 0 Å². The molecule has 0 radical (unpaired) electrons. The van der Waals surface area contributed by atoms with E-state index in [1.807, 2.05) is 0 Å². The van der Waals surface area contributed by atoms with Gasteiger partial charge in [0.05, 0.1) is 11.4 Å². The first-order valence-electron chi connectivity index (χ1n) is 19.8. The zero-order chi connectivity index (χ0) is 38.0. The number of hydrogen-bond donors (Lipinski definition) is 0. The molecule has 0 aliphatic carbocycles. The number of rotatable bonds is 5. The third-order valence-electron chi connectivity index (χ3n) is 12.1. The minimum atomic E-state index is 1.13. The van der Waals surface area contributed by atoms with Gasteiger partial charge in [-0.3, -0.25) is 0 Å². The summed E-state index contributed by atoms with van der Waals surface area (Å²) in [4.78, 5) is 2.46. The molecule has 0 fully saturated rings. The average molecular weight is 726 g/mol. The topological polar surface area (TPSA) is 3.24 Å². The summed E-state index contributed by atoms with van der Waals surface area (Å²) in [6, 6.07) is 74.0. The van der Waals surface area contributed by atoms with E-state index in [4.69, 9.17) is 0 Å². The van der Waals surface area contributed by atoms with E-state index in [9.17, 15) is 0 Å². The smallest absolute Gasteiger partial charge is 0.0540 e. The van der Waals surface area contributed by atoms with E-state index >= 15 is 0 Å². The molecule has 57 heavy (non-hydrogen) atoms. The fourth-order valence-corrected chi connectivity index (χ4v) is 9.37. The van der Waals surface area contributed by atoms with Crippen LogP contribution in [0.1, 0.15) is 11.1 Å². The Balaban J connectivity index is 1.12. The molecule has 0 aliphatic rings. The molecule has 11 aromatic carbocycles. The zero-order valence-electron chi connectivity index (χ0n) is 32.0. The molecule has 0 spiro atoms. The zero-order valence-corrected chi connectivity index (χ0v) is 32.0. The Morgan fingerprint density at radius 2 is 0.754 bits per heavy atom. The predicted octanol–water partition coefficient (Wildman–Crippen LogP) is 16.0. The summed E-state index contributed by atoms with van der Waals surface area (Å²) in [7, 11) is 0. The van der Waals surface area contributed by atoms with Gasteiger partial charge in [-0.15, -0.1) is 0 Å². The van der Waals surface area contributed by atoms with Crippen LogP contribution in [0.4, 0.5) is 17.1 Å². The molecule has 0 bridgehead atoms. The summed E-state index contributed by atoms with van der Waals surface area (Å²) in [5.74, 6) is 0. The second-order valence-corrected chi connectivity index (χ2v) is 15.3. The third kappa shape index (κ3) is 5.31. The van der Waals surface area contributed by atoms with E-state index in [0.717, 1.165) is 5.69 Å². The molecule has 11 rings (SSSR count). The first-order valence-corrected chi connectivity index (χ1v) is 19.8. The van der Waals surface area contributed by atoms with Gasteiger partial charge in [0.1, 0.15) is 0 Å². The van der Waals surface area contributed by atoms with Gasteiger partial charge in [-0.25, -0.2) is 0 Å². The van der Waals surface area contributed by atoms with E-state index in [1.54, 1.807) is 0 Å². The lowest BCUT2D eigenvalue weighted by Gasteiger charge is -2.29. The number of fused-ring (bicyclic) bond motifs is 6. The predicted molar refractivity (Wildman–Crippen MR) is 247 cm³/mol. The third-order valence-corrected chi connectivity index (χ3v) is 12.1. The van der Waals surface area contributed by atoms with Crippen molar-refractivity contribution in [1.29, 1.82) is 0 Å². The SMILES string of the molecule is Cc1ccc(N(c2ccc3cc(-c4c5ccccc5c(-c5cccc6ccccc56)c5ccccc45)ccc3c2)c2ccc(C)c3ccccc23)c2ccccc12. The minimum Gasteiger partial charge on any atom is -0.309 e. The Morgan fingerprint density at radius 3 is 1.35 bits per heavy atom. The second kappa shape index (κ2) is 13.2. The van der Waals surface area contributed by atoms with Crippen molar-refractivity contribution in [3.63, 3.8) is 0 Å². The van der Waals surface area contributed by atoms with Gasteiger partial charge in [0.2, 0.25) is 0 Å². The number of nitrogens with zero attached hydrogens (tertiary/aromatic N) is 1. The van der Waals surface area contributed by atoms with Crippen molar-refractivity contribution in [2.45, 2.75) is 13.8 Å². The second-order valence-electron chi connectivity index (χ2n) is 15.3. The van der Waals surface area contributed by atoms with Crippen LogP contribution in [0.15, 0.2) is 200 Å². The molecule has 0 heterocycles. The van der Waals surface area contributed by atoms with E-state index < -0.39 is 0 Å². The standard InChI is InChI=1S/C56H39N/c1-36-26-32-53(46-19-7-5-16-43(36)46)57(54-33-27-37(2)44-17-6-8-20-47(44)54)42-31-30-39-34-41(29-28-40(39)35-42)55-49-21-9-11-23-51(49)56(52-24-12-10-22-50(52)55)48-25-13-15-38-14-3-4-18-45(38)48/h3-35H,1-2H3. The minimum absolute atomic E-state index is 1.13. The molecular weight excluding hydrogens is 687 g/mol. The Morgan fingerprint density at radius 1 is 0.298 bits per heavy atom. The lowest BCUT2D eigenvalue weighted by molar-refractivity contribution is 1.31. The van der Waals surface area contributed by atoms with E-state index in [2.05, 4.69) is 219 Å². The lowest BCUT2D eigenvalue weighted by atomic mass is 9.84. The number of benzene rings is 11. The van der Waals surface area contributed by atoms with E-state index in [0.29, 0.717) is 0 Å². The normalized spacial score (nSPS) is 11.7. The van der Waals surface area contributed by atoms with Gasteiger partial charge < -0.3 is 4.90 Å². The van der Waals surface area contributed by atoms with Gasteiger partial charge in [-0.05, 0) is 131 Å². The van der Waals surface area contributed by atoms with Gasteiger partial charge in [-0.2, -0.15) is 0 Å². The van der Waals surface area contributed by atoms with Crippen LogP contribution in [0.5, 0.6) is 0 Å². The molecule has 1 heteroatoms. The number of aryl methyl sites for hydroxylation is 2. The summed E-state index contributed by atoms with van der Waals surface area (Å²) < 4.78 is 0. The Labute approximate surface area is 332 Å². The van der Waals surface area contributed by atoms with Crippen molar-refractivity contribution >= 4 is 81.7 Å². The van der Waals surface area contributed by atoms with Crippen molar-refractivity contribution in [2.75, 3.05) is 4.90 Å². The van der Waals surface area contributed by atoms with Crippen molar-refractivity contribution in [3.05, 3.63) is 211 Å². The quantitative estimate of drug-likeness (QED) is 0.160. The monoisotopic (exact) mass is 725 g/mol. The molecule has 0 saturated carbocycles. The molecule has 0 unspecified atom stereocenters. The highest BCUT2D eigenvalue weighted by Gasteiger charge is 2.21. The maximum absolute atomic E-state index is 2.46. The molecule has 268 valence electrons. The molecule has 0 aliphatic heterocycles. The number of anilines is 3. The van der Waals surface area contributed by atoms with Gasteiger partial charge in [0.15, 0.2) is 0 Å². The van der Waals surface area contributed by atoms with Crippen LogP contribution in [0, 0.1) is 13.8 Å². The summed E-state index contributed by atoms with van der Waals surface area (Å²) in [6.07, 6.45) is 0. The molecule has 1 nitrogen and oxygen atoms in total. The molecule has 11 aromatic rings. The molecule has 0 aromatic heterocycles. The highest BCUT2D eigenvalue weighted by atomic mass is 15.1.